The molecule has 0 atom stereocenters. The number of rotatable bonds is 2. The molecule has 0 aliphatic heterocycles. The van der Waals surface area contributed by atoms with E-state index in [-0.39, 0.29) is 5.90 Å². The maximum Gasteiger partial charge on any atom is 0.213 e. The molecule has 1 N–H and O–H groups in total. The van der Waals surface area contributed by atoms with E-state index in [2.05, 4.69) is 0 Å². The van der Waals surface area contributed by atoms with Crippen LogP contribution in [-0.4, -0.2) is 25.7 Å². The minimum Gasteiger partial charge on any atom is -0.482 e. The van der Waals surface area contributed by atoms with Gasteiger partial charge in [0.25, 0.3) is 0 Å². The molecule has 0 unspecified atom stereocenters. The van der Waals surface area contributed by atoms with Crippen LogP contribution in [0.3, 0.4) is 0 Å². The van der Waals surface area contributed by atoms with Gasteiger partial charge in [0, 0.05) is 7.11 Å². The molecule has 3 nitrogen and oxygen atoms in total. The number of hydrogen-bond donors (Lipinski definition) is 1. The fraction of sp³-hybridized carbons (Fsp3) is 0.875. The Bertz CT molecular complexity index is 150. The Kier molecular flexibility index (Phi) is 2.49. The third-order valence-corrected chi connectivity index (χ3v) is 2.42. The average molecular weight is 157 g/mol. The summed E-state index contributed by atoms with van der Waals surface area (Å²) in [6.07, 6.45) is 4.13. The molecule has 0 aromatic heterocycles. The van der Waals surface area contributed by atoms with Crippen LogP contribution in [0.5, 0.6) is 0 Å². The summed E-state index contributed by atoms with van der Waals surface area (Å²) < 4.78 is 10.2. The summed E-state index contributed by atoms with van der Waals surface area (Å²) in [4.78, 5) is 0. The van der Waals surface area contributed by atoms with Crippen molar-refractivity contribution >= 4 is 5.90 Å². The van der Waals surface area contributed by atoms with Crippen LogP contribution >= 0.6 is 0 Å². The second kappa shape index (κ2) is 3.22. The van der Waals surface area contributed by atoms with Crippen molar-refractivity contribution in [2.24, 2.45) is 0 Å². The van der Waals surface area contributed by atoms with Gasteiger partial charge in [-0.1, -0.05) is 0 Å². The largest absolute Gasteiger partial charge is 0.482 e. The van der Waals surface area contributed by atoms with E-state index < -0.39 is 5.60 Å². The van der Waals surface area contributed by atoms with Crippen molar-refractivity contribution in [3.05, 3.63) is 0 Å². The highest BCUT2D eigenvalue weighted by Crippen LogP contribution is 2.33. The summed E-state index contributed by atoms with van der Waals surface area (Å²) in [5.41, 5.74) is -0.394. The van der Waals surface area contributed by atoms with Crippen LogP contribution in [0.4, 0.5) is 0 Å². The lowest BCUT2D eigenvalue weighted by Crippen LogP contribution is -2.38. The zero-order valence-electron chi connectivity index (χ0n) is 7.14. The smallest absolute Gasteiger partial charge is 0.213 e. The molecule has 0 saturated heterocycles. The first-order valence-corrected chi connectivity index (χ1v) is 3.93. The average Bonchev–Trinajstić information content (AvgIpc) is 2.52. The van der Waals surface area contributed by atoms with Gasteiger partial charge in [-0.25, -0.2) is 0 Å². The topological polar surface area (TPSA) is 42.3 Å². The van der Waals surface area contributed by atoms with Crippen LogP contribution < -0.4 is 0 Å². The van der Waals surface area contributed by atoms with Crippen LogP contribution in [0.25, 0.3) is 0 Å². The maximum absolute atomic E-state index is 7.54. The van der Waals surface area contributed by atoms with Crippen LogP contribution in [0.2, 0.25) is 0 Å². The van der Waals surface area contributed by atoms with E-state index in [4.69, 9.17) is 14.9 Å². The summed E-state index contributed by atoms with van der Waals surface area (Å²) in [6, 6.07) is 0. The molecule has 0 aromatic carbocycles. The molecule has 0 bridgehead atoms. The van der Waals surface area contributed by atoms with Crippen LogP contribution in [0.1, 0.15) is 25.7 Å². The van der Waals surface area contributed by atoms with Gasteiger partial charge in [0.2, 0.25) is 5.90 Å². The zero-order valence-corrected chi connectivity index (χ0v) is 7.14. The van der Waals surface area contributed by atoms with E-state index in [0.29, 0.717) is 0 Å². The third-order valence-electron chi connectivity index (χ3n) is 2.42. The highest BCUT2D eigenvalue weighted by atomic mass is 16.5. The van der Waals surface area contributed by atoms with Crippen molar-refractivity contribution in [2.75, 3.05) is 14.2 Å². The molecule has 3 heteroatoms. The van der Waals surface area contributed by atoms with Gasteiger partial charge in [-0.05, 0) is 25.7 Å². The monoisotopic (exact) mass is 157 g/mol. The van der Waals surface area contributed by atoms with Gasteiger partial charge in [-0.15, -0.1) is 0 Å². The summed E-state index contributed by atoms with van der Waals surface area (Å²) in [5.74, 6) is 0.275. The molecule has 64 valence electrons. The van der Waals surface area contributed by atoms with Crippen molar-refractivity contribution in [3.8, 4) is 0 Å². The Morgan fingerprint density at radius 1 is 1.27 bits per heavy atom. The van der Waals surface area contributed by atoms with Gasteiger partial charge in [0.1, 0.15) is 5.60 Å². The van der Waals surface area contributed by atoms with Crippen molar-refractivity contribution in [1.82, 2.24) is 0 Å². The molecule has 0 heterocycles. The highest BCUT2D eigenvalue weighted by Gasteiger charge is 2.39. The molecule has 1 rings (SSSR count). The third kappa shape index (κ3) is 1.38. The normalized spacial score (nSPS) is 21.6. The Balaban J connectivity index is 2.66. The zero-order chi connectivity index (χ0) is 8.32. The minimum absolute atomic E-state index is 0.275. The molecule has 11 heavy (non-hydrogen) atoms. The summed E-state index contributed by atoms with van der Waals surface area (Å²) in [7, 11) is 3.18. The van der Waals surface area contributed by atoms with Crippen LogP contribution in [0, 0.1) is 5.41 Å². The quantitative estimate of drug-likeness (QED) is 0.488. The van der Waals surface area contributed by atoms with E-state index in [0.717, 1.165) is 25.7 Å². The second-order valence-electron chi connectivity index (χ2n) is 2.94. The highest BCUT2D eigenvalue weighted by molar-refractivity contribution is 5.82. The standard InChI is InChI=1S/C8H15NO2/c1-10-7(9)8(11-2)5-3-4-6-8/h9H,3-6H2,1-2H3. The molecule has 1 saturated carbocycles. The summed E-state index contributed by atoms with van der Waals surface area (Å²) in [6.45, 7) is 0. The SMILES string of the molecule is COC(=N)C1(OC)CCCC1. The molecule has 0 radical (unpaired) electrons. The molecule has 0 spiro atoms. The Morgan fingerprint density at radius 3 is 2.18 bits per heavy atom. The van der Waals surface area contributed by atoms with E-state index in [1.54, 1.807) is 7.11 Å². The first kappa shape index (κ1) is 8.53. The van der Waals surface area contributed by atoms with Gasteiger partial charge in [0.05, 0.1) is 7.11 Å². The Labute approximate surface area is 67.2 Å². The molecular weight excluding hydrogens is 142 g/mol. The predicted octanol–water partition coefficient (Wildman–Crippen LogP) is 1.57. The van der Waals surface area contributed by atoms with E-state index >= 15 is 0 Å². The van der Waals surface area contributed by atoms with Gasteiger partial charge >= 0.3 is 0 Å². The van der Waals surface area contributed by atoms with Gasteiger partial charge in [-0.2, -0.15) is 0 Å². The Morgan fingerprint density at radius 2 is 1.82 bits per heavy atom. The second-order valence-corrected chi connectivity index (χ2v) is 2.94. The lowest BCUT2D eigenvalue weighted by Gasteiger charge is -2.26. The van der Waals surface area contributed by atoms with E-state index in [9.17, 15) is 0 Å². The Hall–Kier alpha value is -0.570. The lowest BCUT2D eigenvalue weighted by atomic mass is 10.0. The number of nitrogens with one attached hydrogen (secondary N) is 1. The molecule has 0 aromatic rings. The van der Waals surface area contributed by atoms with Crippen LogP contribution in [0.15, 0.2) is 0 Å². The first-order chi connectivity index (χ1) is 5.25. The van der Waals surface area contributed by atoms with Crippen molar-refractivity contribution < 1.29 is 9.47 Å². The molecule has 1 fully saturated rings. The van der Waals surface area contributed by atoms with E-state index in [1.807, 2.05) is 0 Å². The lowest BCUT2D eigenvalue weighted by molar-refractivity contribution is 0.0362. The molecule has 0 amide bonds. The van der Waals surface area contributed by atoms with Crippen molar-refractivity contribution in [2.45, 2.75) is 31.3 Å². The van der Waals surface area contributed by atoms with Gasteiger partial charge in [-0.3, -0.25) is 5.41 Å². The fourth-order valence-electron chi connectivity index (χ4n) is 1.66. The minimum atomic E-state index is -0.394. The molecular formula is C8H15NO2. The first-order valence-electron chi connectivity index (χ1n) is 3.93. The van der Waals surface area contributed by atoms with E-state index in [1.165, 1.54) is 7.11 Å². The number of ether oxygens (including phenoxy) is 2. The fourth-order valence-corrected chi connectivity index (χ4v) is 1.66. The van der Waals surface area contributed by atoms with Gasteiger partial charge in [0.15, 0.2) is 0 Å². The summed E-state index contributed by atoms with van der Waals surface area (Å²) >= 11 is 0. The van der Waals surface area contributed by atoms with Crippen molar-refractivity contribution in [1.29, 1.82) is 5.41 Å². The van der Waals surface area contributed by atoms with Crippen LogP contribution in [-0.2, 0) is 9.47 Å². The number of hydrogen-bond acceptors (Lipinski definition) is 3. The number of methoxy groups -OCH3 is 2. The predicted molar refractivity (Wildman–Crippen MR) is 42.9 cm³/mol. The maximum atomic E-state index is 7.54. The summed E-state index contributed by atoms with van der Waals surface area (Å²) in [5, 5.41) is 7.54. The van der Waals surface area contributed by atoms with Crippen molar-refractivity contribution in [3.63, 3.8) is 0 Å². The van der Waals surface area contributed by atoms with Gasteiger partial charge < -0.3 is 9.47 Å². The molecule has 1 aliphatic carbocycles. The molecule has 1 aliphatic rings.